The number of aryl methyl sites for hydroxylation is 1. The Labute approximate surface area is 178 Å². The normalized spacial score (nSPS) is 14.1. The van der Waals surface area contributed by atoms with Gasteiger partial charge in [0.05, 0.1) is 6.10 Å². The van der Waals surface area contributed by atoms with Gasteiger partial charge in [-0.05, 0) is 74.6 Å². The van der Waals surface area contributed by atoms with E-state index < -0.39 is 5.97 Å². The van der Waals surface area contributed by atoms with Crippen LogP contribution < -0.4 is 15.2 Å². The van der Waals surface area contributed by atoms with E-state index in [1.165, 1.54) is 12.8 Å². The van der Waals surface area contributed by atoms with Gasteiger partial charge in [-0.3, -0.25) is 5.73 Å². The van der Waals surface area contributed by atoms with Crippen molar-refractivity contribution in [1.82, 2.24) is 0 Å². The van der Waals surface area contributed by atoms with Gasteiger partial charge in [0.2, 0.25) is 0 Å². The van der Waals surface area contributed by atoms with E-state index in [0.29, 0.717) is 11.9 Å². The summed E-state index contributed by atoms with van der Waals surface area (Å²) in [7, 11) is 0. The van der Waals surface area contributed by atoms with Crippen LogP contribution in [0.1, 0.15) is 31.2 Å². The summed E-state index contributed by atoms with van der Waals surface area (Å²) in [4.78, 5) is 13.6. The van der Waals surface area contributed by atoms with Gasteiger partial charge in [-0.2, -0.15) is 0 Å². The SMILES string of the molecule is Cc1cc(Sc2cc(Br)cc(OC3CCCC3)c2)ccc1OCC(=O)OCN. The van der Waals surface area contributed by atoms with Gasteiger partial charge >= 0.3 is 5.97 Å². The molecule has 0 saturated heterocycles. The van der Waals surface area contributed by atoms with Gasteiger partial charge in [0.1, 0.15) is 18.2 Å². The molecule has 0 amide bonds. The molecule has 0 aliphatic heterocycles. The van der Waals surface area contributed by atoms with E-state index in [1.807, 2.05) is 31.2 Å². The van der Waals surface area contributed by atoms with Crippen LogP contribution in [0.25, 0.3) is 0 Å². The number of carbonyl (C=O) groups excluding carboxylic acids is 1. The molecule has 1 saturated carbocycles. The Hall–Kier alpha value is -1.70. The third-order valence-electron chi connectivity index (χ3n) is 4.42. The monoisotopic (exact) mass is 465 g/mol. The highest BCUT2D eigenvalue weighted by molar-refractivity contribution is 9.10. The maximum atomic E-state index is 11.4. The topological polar surface area (TPSA) is 70.8 Å². The van der Waals surface area contributed by atoms with Crippen LogP contribution in [-0.2, 0) is 9.53 Å². The lowest BCUT2D eigenvalue weighted by atomic mass is 10.2. The minimum atomic E-state index is -0.482. The third-order valence-corrected chi connectivity index (χ3v) is 5.84. The smallest absolute Gasteiger partial charge is 0.345 e. The molecule has 2 N–H and O–H groups in total. The number of hydrogen-bond donors (Lipinski definition) is 1. The summed E-state index contributed by atoms with van der Waals surface area (Å²) in [5, 5.41) is 0. The van der Waals surface area contributed by atoms with Crippen molar-refractivity contribution in [3.05, 3.63) is 46.4 Å². The van der Waals surface area contributed by atoms with Crippen LogP contribution in [0.15, 0.2) is 50.7 Å². The molecule has 3 rings (SSSR count). The molecule has 7 heteroatoms. The Kier molecular flexibility index (Phi) is 7.65. The first-order valence-electron chi connectivity index (χ1n) is 9.28. The average Bonchev–Trinajstić information content (AvgIpc) is 3.14. The van der Waals surface area contributed by atoms with Crippen LogP contribution in [0.2, 0.25) is 0 Å². The molecule has 0 aromatic heterocycles. The fourth-order valence-electron chi connectivity index (χ4n) is 3.12. The average molecular weight is 466 g/mol. The zero-order valence-corrected chi connectivity index (χ0v) is 18.2. The zero-order chi connectivity index (χ0) is 19.9. The van der Waals surface area contributed by atoms with Crippen molar-refractivity contribution < 1.29 is 19.0 Å². The molecule has 2 aromatic rings. The van der Waals surface area contributed by atoms with Gasteiger partial charge in [-0.25, -0.2) is 4.79 Å². The molecular weight excluding hydrogens is 442 g/mol. The fourth-order valence-corrected chi connectivity index (χ4v) is 4.75. The van der Waals surface area contributed by atoms with Crippen LogP contribution in [-0.4, -0.2) is 25.4 Å². The zero-order valence-electron chi connectivity index (χ0n) is 15.8. The van der Waals surface area contributed by atoms with Crippen molar-refractivity contribution in [2.24, 2.45) is 5.73 Å². The van der Waals surface area contributed by atoms with E-state index >= 15 is 0 Å². The van der Waals surface area contributed by atoms with Crippen LogP contribution in [0.4, 0.5) is 0 Å². The van der Waals surface area contributed by atoms with E-state index in [1.54, 1.807) is 11.8 Å². The Morgan fingerprint density at radius 1 is 1.18 bits per heavy atom. The Balaban J connectivity index is 1.65. The van der Waals surface area contributed by atoms with Gasteiger partial charge in [0, 0.05) is 14.3 Å². The van der Waals surface area contributed by atoms with Crippen LogP contribution >= 0.6 is 27.7 Å². The van der Waals surface area contributed by atoms with Crippen molar-refractivity contribution in [3.8, 4) is 11.5 Å². The third kappa shape index (κ3) is 6.15. The second-order valence-electron chi connectivity index (χ2n) is 6.65. The van der Waals surface area contributed by atoms with Crippen LogP contribution in [0.3, 0.4) is 0 Å². The molecule has 0 atom stereocenters. The minimum absolute atomic E-state index is 0.143. The maximum Gasteiger partial charge on any atom is 0.345 e. The Morgan fingerprint density at radius 2 is 1.96 bits per heavy atom. The molecular formula is C21H24BrNO4S. The van der Waals surface area contributed by atoms with Crippen molar-refractivity contribution in [1.29, 1.82) is 0 Å². The van der Waals surface area contributed by atoms with Gasteiger partial charge in [-0.1, -0.05) is 27.7 Å². The molecule has 150 valence electrons. The Morgan fingerprint density at radius 3 is 2.68 bits per heavy atom. The molecule has 0 spiro atoms. The Bertz CT molecular complexity index is 824. The number of halogens is 1. The van der Waals surface area contributed by atoms with E-state index in [-0.39, 0.29) is 13.3 Å². The maximum absolute atomic E-state index is 11.4. The number of hydrogen-bond acceptors (Lipinski definition) is 6. The lowest BCUT2D eigenvalue weighted by molar-refractivity contribution is -0.145. The second kappa shape index (κ2) is 10.2. The van der Waals surface area contributed by atoms with Crippen molar-refractivity contribution >= 4 is 33.7 Å². The lowest BCUT2D eigenvalue weighted by Crippen LogP contribution is -2.18. The molecule has 1 aliphatic rings. The summed E-state index contributed by atoms with van der Waals surface area (Å²) in [6.45, 7) is 1.65. The summed E-state index contributed by atoms with van der Waals surface area (Å²) in [6.07, 6.45) is 5.09. The number of rotatable bonds is 8. The van der Waals surface area contributed by atoms with Crippen molar-refractivity contribution in [2.45, 2.75) is 48.5 Å². The number of benzene rings is 2. The van der Waals surface area contributed by atoms with E-state index in [2.05, 4.69) is 32.8 Å². The molecule has 0 bridgehead atoms. The summed E-state index contributed by atoms with van der Waals surface area (Å²) < 4.78 is 17.3. The second-order valence-corrected chi connectivity index (χ2v) is 8.71. The van der Waals surface area contributed by atoms with Crippen molar-refractivity contribution in [2.75, 3.05) is 13.3 Å². The molecule has 2 aromatic carbocycles. The van der Waals surface area contributed by atoms with Gasteiger partial charge in [0.25, 0.3) is 0 Å². The molecule has 0 radical (unpaired) electrons. The predicted octanol–water partition coefficient (Wildman–Crippen LogP) is 5.07. The van der Waals surface area contributed by atoms with Crippen molar-refractivity contribution in [3.63, 3.8) is 0 Å². The van der Waals surface area contributed by atoms with Gasteiger partial charge in [-0.15, -0.1) is 0 Å². The molecule has 1 fully saturated rings. The lowest BCUT2D eigenvalue weighted by Gasteiger charge is -2.15. The first kappa shape index (κ1) is 21.0. The standard InChI is InChI=1S/C21H24BrNO4S/c1-14-8-18(6-7-20(14)25-12-21(24)26-13-23)28-19-10-15(22)9-17(11-19)27-16-4-2-3-5-16/h6-11,16H,2-5,12-13,23H2,1H3. The predicted molar refractivity (Wildman–Crippen MR) is 113 cm³/mol. The minimum Gasteiger partial charge on any atom is -0.490 e. The molecule has 0 unspecified atom stereocenters. The quantitative estimate of drug-likeness (QED) is 0.433. The fraction of sp³-hybridized carbons (Fsp3) is 0.381. The number of nitrogens with two attached hydrogens (primary N) is 1. The highest BCUT2D eigenvalue weighted by Gasteiger charge is 2.17. The summed E-state index contributed by atoms with van der Waals surface area (Å²) in [6, 6.07) is 12.0. The van der Waals surface area contributed by atoms with E-state index in [9.17, 15) is 4.79 Å². The highest BCUT2D eigenvalue weighted by Crippen LogP contribution is 2.36. The van der Waals surface area contributed by atoms with E-state index in [0.717, 1.165) is 38.4 Å². The van der Waals surface area contributed by atoms with Crippen LogP contribution in [0.5, 0.6) is 11.5 Å². The molecule has 5 nitrogen and oxygen atoms in total. The van der Waals surface area contributed by atoms with Crippen LogP contribution in [0, 0.1) is 6.92 Å². The molecule has 1 aliphatic carbocycles. The summed E-state index contributed by atoms with van der Waals surface area (Å²) in [5.41, 5.74) is 6.12. The summed E-state index contributed by atoms with van der Waals surface area (Å²) >= 11 is 5.24. The number of esters is 1. The van der Waals surface area contributed by atoms with Gasteiger partial charge < -0.3 is 14.2 Å². The van der Waals surface area contributed by atoms with E-state index in [4.69, 9.17) is 15.2 Å². The molecule has 0 heterocycles. The number of carbonyl (C=O) groups is 1. The number of ether oxygens (including phenoxy) is 3. The molecule has 28 heavy (non-hydrogen) atoms. The first-order chi connectivity index (χ1) is 13.5. The van der Waals surface area contributed by atoms with Gasteiger partial charge in [0.15, 0.2) is 6.61 Å². The first-order valence-corrected chi connectivity index (χ1v) is 10.9. The largest absolute Gasteiger partial charge is 0.490 e. The highest BCUT2D eigenvalue weighted by atomic mass is 79.9. The summed E-state index contributed by atoms with van der Waals surface area (Å²) in [5.74, 6) is 1.07.